The molecular weight excluding hydrogens is 388 g/mol. The quantitative estimate of drug-likeness (QED) is 0.300. The molecule has 146 valence electrons. The van der Waals surface area contributed by atoms with E-state index in [1.54, 1.807) is 30.5 Å². The summed E-state index contributed by atoms with van der Waals surface area (Å²) in [6, 6.07) is 15.0. The van der Waals surface area contributed by atoms with Crippen LogP contribution in [0.1, 0.15) is 5.56 Å². The van der Waals surface area contributed by atoms with Crippen molar-refractivity contribution in [3.8, 4) is 11.4 Å². The first-order valence-electron chi connectivity index (χ1n) is 8.71. The summed E-state index contributed by atoms with van der Waals surface area (Å²) in [6.07, 6.45) is 6.44. The molecule has 0 radical (unpaired) electrons. The Kier molecular flexibility index (Phi) is 5.41. The maximum Gasteiger partial charge on any atom is 0.168 e. The van der Waals surface area contributed by atoms with Gasteiger partial charge in [-0.1, -0.05) is 18.2 Å². The maximum absolute atomic E-state index is 11.6. The van der Waals surface area contributed by atoms with Gasteiger partial charge in [-0.2, -0.15) is 10.2 Å². The molecule has 0 saturated heterocycles. The fourth-order valence-corrected chi connectivity index (χ4v) is 3.38. The lowest BCUT2D eigenvalue weighted by molar-refractivity contribution is 0.414. The van der Waals surface area contributed by atoms with Crippen LogP contribution in [-0.2, 0) is 11.2 Å². The van der Waals surface area contributed by atoms with Crippen LogP contribution in [-0.4, -0.2) is 43.9 Å². The molecule has 2 aromatic heterocycles. The minimum absolute atomic E-state index is 0.538. The Hall–Kier alpha value is -3.43. The van der Waals surface area contributed by atoms with Gasteiger partial charge < -0.3 is 9.29 Å². The summed E-state index contributed by atoms with van der Waals surface area (Å²) in [4.78, 5) is 9.36. The van der Waals surface area contributed by atoms with E-state index in [-0.39, 0.29) is 0 Å². The zero-order valence-corrected chi connectivity index (χ0v) is 16.6. The van der Waals surface area contributed by atoms with Crippen LogP contribution < -0.4 is 10.2 Å². The van der Waals surface area contributed by atoms with Gasteiger partial charge in [0.15, 0.2) is 16.4 Å². The summed E-state index contributed by atoms with van der Waals surface area (Å²) in [5, 5.41) is 9.41. The van der Waals surface area contributed by atoms with Crippen molar-refractivity contribution in [2.75, 3.05) is 18.8 Å². The number of ether oxygens (including phenoxy) is 1. The molecule has 8 nitrogen and oxygen atoms in total. The molecule has 9 heteroatoms. The minimum Gasteiger partial charge on any atom is -0.612 e. The number of rotatable bonds is 6. The number of hydrogen-bond acceptors (Lipinski definition) is 7. The molecule has 1 unspecified atom stereocenters. The van der Waals surface area contributed by atoms with Crippen molar-refractivity contribution in [2.45, 2.75) is 4.90 Å². The van der Waals surface area contributed by atoms with Crippen LogP contribution in [0.25, 0.3) is 16.7 Å². The van der Waals surface area contributed by atoms with Gasteiger partial charge in [-0.15, -0.1) is 0 Å². The first-order valence-corrected chi connectivity index (χ1v) is 10.3. The number of methoxy groups -OCH3 is 1. The molecule has 2 heterocycles. The molecule has 0 fully saturated rings. The van der Waals surface area contributed by atoms with Gasteiger partial charge in [0.2, 0.25) is 0 Å². The van der Waals surface area contributed by atoms with Crippen molar-refractivity contribution in [2.24, 2.45) is 5.10 Å². The highest BCUT2D eigenvalue weighted by Crippen LogP contribution is 2.23. The van der Waals surface area contributed by atoms with Gasteiger partial charge in [0, 0.05) is 12.1 Å². The molecule has 0 aliphatic rings. The molecule has 29 heavy (non-hydrogen) atoms. The second-order valence-electron chi connectivity index (χ2n) is 6.11. The number of nitrogens with zero attached hydrogens (tertiary/aromatic N) is 5. The lowest BCUT2D eigenvalue weighted by Crippen LogP contribution is -2.00. The third kappa shape index (κ3) is 4.05. The highest BCUT2D eigenvalue weighted by molar-refractivity contribution is 7.90. The Balaban J connectivity index is 1.61. The van der Waals surface area contributed by atoms with Crippen molar-refractivity contribution < 1.29 is 9.29 Å². The third-order valence-corrected chi connectivity index (χ3v) is 5.16. The van der Waals surface area contributed by atoms with Crippen LogP contribution in [0.2, 0.25) is 0 Å². The normalized spacial score (nSPS) is 12.4. The lowest BCUT2D eigenvalue weighted by atomic mass is 10.2. The van der Waals surface area contributed by atoms with Crippen LogP contribution >= 0.6 is 0 Å². The van der Waals surface area contributed by atoms with Gasteiger partial charge in [0.05, 0.1) is 30.6 Å². The minimum atomic E-state index is -1.04. The maximum atomic E-state index is 11.6. The van der Waals surface area contributed by atoms with Crippen molar-refractivity contribution >= 4 is 34.2 Å². The number of hydrogen-bond donors (Lipinski definition) is 1. The number of nitrogens with one attached hydrogen (secondary N) is 1. The van der Waals surface area contributed by atoms with E-state index in [1.807, 2.05) is 48.5 Å². The van der Waals surface area contributed by atoms with E-state index in [1.165, 1.54) is 6.33 Å². The number of aromatic nitrogens is 4. The average molecular weight is 406 g/mol. The zero-order chi connectivity index (χ0) is 20.2. The molecule has 1 N–H and O–H groups in total. The third-order valence-electron chi connectivity index (χ3n) is 4.24. The summed E-state index contributed by atoms with van der Waals surface area (Å²) in [6.45, 7) is 0. The van der Waals surface area contributed by atoms with Gasteiger partial charge in [0.1, 0.15) is 18.3 Å². The molecule has 0 spiro atoms. The van der Waals surface area contributed by atoms with Crippen molar-refractivity contribution in [1.29, 1.82) is 0 Å². The van der Waals surface area contributed by atoms with Crippen molar-refractivity contribution in [3.63, 3.8) is 0 Å². The molecule has 1 atom stereocenters. The number of hydrazone groups is 1. The molecule has 2 aromatic carbocycles. The van der Waals surface area contributed by atoms with Gasteiger partial charge in [-0.05, 0) is 34.9 Å². The van der Waals surface area contributed by atoms with Crippen LogP contribution in [0.15, 0.2) is 71.1 Å². The summed E-state index contributed by atoms with van der Waals surface area (Å²) in [5.74, 6) is 1.27. The van der Waals surface area contributed by atoms with Gasteiger partial charge in [-0.3, -0.25) is 5.43 Å². The van der Waals surface area contributed by atoms with E-state index in [9.17, 15) is 4.55 Å². The van der Waals surface area contributed by atoms with E-state index >= 15 is 0 Å². The Morgan fingerprint density at radius 1 is 1.17 bits per heavy atom. The SMILES string of the molecule is COc1cccc(-n2ncc3c(N/N=C/c4cccc([S+](C)[O-])c4)ncnc32)c1. The molecule has 4 aromatic rings. The fourth-order valence-electron chi connectivity index (χ4n) is 2.81. The predicted molar refractivity (Wildman–Crippen MR) is 113 cm³/mol. The largest absolute Gasteiger partial charge is 0.612 e. The van der Waals surface area contributed by atoms with Crippen LogP contribution in [0.5, 0.6) is 5.75 Å². The molecule has 0 saturated carbocycles. The predicted octanol–water partition coefficient (Wildman–Crippen LogP) is 3.01. The summed E-state index contributed by atoms with van der Waals surface area (Å²) < 4.78 is 18.6. The average Bonchev–Trinajstić information content (AvgIpc) is 3.19. The standard InChI is InChI=1S/C20H18N6O2S/c1-28-16-7-4-6-15(10-16)26-20-18(12-24-26)19(21-13-22-20)25-23-11-14-5-3-8-17(9-14)29(2)27/h3-13H,1-2H3,(H,21,22,25)/b23-11+. The van der Waals surface area contributed by atoms with E-state index in [0.29, 0.717) is 11.5 Å². The Bertz CT molecular complexity index is 1170. The van der Waals surface area contributed by atoms with Crippen LogP contribution in [0.3, 0.4) is 0 Å². The lowest BCUT2D eigenvalue weighted by Gasteiger charge is -2.06. The first kappa shape index (κ1) is 18.9. The topological polar surface area (TPSA) is 100 Å². The molecule has 0 aliphatic heterocycles. The van der Waals surface area contributed by atoms with E-state index in [0.717, 1.165) is 27.3 Å². The second-order valence-corrected chi connectivity index (χ2v) is 7.49. The highest BCUT2D eigenvalue weighted by atomic mass is 32.2. The second kappa shape index (κ2) is 8.29. The fraction of sp³-hybridized carbons (Fsp3) is 0.100. The van der Waals surface area contributed by atoms with Crippen molar-refractivity contribution in [1.82, 2.24) is 19.7 Å². The van der Waals surface area contributed by atoms with E-state index in [2.05, 4.69) is 25.6 Å². The first-order chi connectivity index (χ1) is 14.2. The Morgan fingerprint density at radius 3 is 2.86 bits per heavy atom. The van der Waals surface area contributed by atoms with Gasteiger partial charge in [-0.25, -0.2) is 14.6 Å². The summed E-state index contributed by atoms with van der Waals surface area (Å²) in [7, 11) is 1.62. The molecular formula is C20H18N6O2S. The molecule has 0 aliphatic carbocycles. The van der Waals surface area contributed by atoms with E-state index < -0.39 is 11.2 Å². The monoisotopic (exact) mass is 406 g/mol. The van der Waals surface area contributed by atoms with Gasteiger partial charge in [0.25, 0.3) is 0 Å². The highest BCUT2D eigenvalue weighted by Gasteiger charge is 2.11. The van der Waals surface area contributed by atoms with E-state index in [4.69, 9.17) is 4.74 Å². The molecule has 0 bridgehead atoms. The Labute approximate surface area is 170 Å². The van der Waals surface area contributed by atoms with Gasteiger partial charge >= 0.3 is 0 Å². The number of fused-ring (bicyclic) bond motifs is 1. The zero-order valence-electron chi connectivity index (χ0n) is 15.8. The van der Waals surface area contributed by atoms with Crippen molar-refractivity contribution in [3.05, 3.63) is 66.6 Å². The van der Waals surface area contributed by atoms with Crippen LogP contribution in [0.4, 0.5) is 5.82 Å². The smallest absolute Gasteiger partial charge is 0.168 e. The summed E-state index contributed by atoms with van der Waals surface area (Å²) in [5.41, 5.74) is 5.25. The molecule has 0 amide bonds. The number of anilines is 1. The number of benzene rings is 2. The molecule has 4 rings (SSSR count). The summed E-state index contributed by atoms with van der Waals surface area (Å²) >= 11 is -1.04. The Morgan fingerprint density at radius 2 is 2.03 bits per heavy atom. The van der Waals surface area contributed by atoms with Crippen LogP contribution in [0, 0.1) is 0 Å².